The summed E-state index contributed by atoms with van der Waals surface area (Å²) in [6.45, 7) is 0.993. The number of thiol groups is 1. The standard InChI is InChI=1S/C6H12N4S/c1-9(2)4-3-6-5-10(11)8-7-6/h5,11H,3-4H2,1-2H3. The van der Waals surface area contributed by atoms with Crippen LogP contribution in [0.3, 0.4) is 0 Å². The molecule has 0 spiro atoms. The van der Waals surface area contributed by atoms with Gasteiger partial charge in [-0.05, 0) is 26.9 Å². The smallest absolute Gasteiger partial charge is 0.0851 e. The van der Waals surface area contributed by atoms with E-state index in [4.69, 9.17) is 0 Å². The second-order valence-corrected chi connectivity index (χ2v) is 3.09. The van der Waals surface area contributed by atoms with Gasteiger partial charge in [0.1, 0.15) is 0 Å². The summed E-state index contributed by atoms with van der Waals surface area (Å²) in [7, 11) is 4.07. The van der Waals surface area contributed by atoms with Gasteiger partial charge in [-0.25, -0.2) is 0 Å². The summed E-state index contributed by atoms with van der Waals surface area (Å²) in [6.07, 6.45) is 2.74. The van der Waals surface area contributed by atoms with Gasteiger partial charge in [0.05, 0.1) is 11.9 Å². The number of hydrogen-bond donors (Lipinski definition) is 1. The molecule has 0 unspecified atom stereocenters. The Morgan fingerprint density at radius 2 is 2.36 bits per heavy atom. The Hall–Kier alpha value is -0.550. The molecule has 1 aromatic rings. The summed E-state index contributed by atoms with van der Waals surface area (Å²) in [5.41, 5.74) is 0.980. The first-order valence-electron chi connectivity index (χ1n) is 3.43. The molecule has 11 heavy (non-hydrogen) atoms. The molecule has 4 nitrogen and oxygen atoms in total. The average molecular weight is 172 g/mol. The molecular formula is C6H12N4S. The molecule has 0 N–H and O–H groups in total. The van der Waals surface area contributed by atoms with Crippen LogP contribution in [0.2, 0.25) is 0 Å². The summed E-state index contributed by atoms with van der Waals surface area (Å²) in [4.78, 5) is 2.11. The molecular weight excluding hydrogens is 160 g/mol. The van der Waals surface area contributed by atoms with Crippen LogP contribution >= 0.6 is 12.8 Å². The molecule has 1 rings (SSSR count). The number of hydrogen-bond acceptors (Lipinski definition) is 4. The fourth-order valence-electron chi connectivity index (χ4n) is 0.741. The normalized spacial score (nSPS) is 10.9. The van der Waals surface area contributed by atoms with Gasteiger partial charge in [0.15, 0.2) is 0 Å². The lowest BCUT2D eigenvalue weighted by Crippen LogP contribution is -2.15. The van der Waals surface area contributed by atoms with Crippen LogP contribution < -0.4 is 0 Å². The summed E-state index contributed by atoms with van der Waals surface area (Å²) < 4.78 is 1.42. The Morgan fingerprint density at radius 1 is 1.64 bits per heavy atom. The number of rotatable bonds is 3. The van der Waals surface area contributed by atoms with Gasteiger partial charge < -0.3 is 4.90 Å². The molecule has 5 heteroatoms. The minimum Gasteiger partial charge on any atom is -0.309 e. The largest absolute Gasteiger partial charge is 0.309 e. The van der Waals surface area contributed by atoms with Gasteiger partial charge in [-0.2, -0.15) is 4.09 Å². The lowest BCUT2D eigenvalue weighted by molar-refractivity contribution is 0.411. The minimum absolute atomic E-state index is 0.924. The first-order valence-corrected chi connectivity index (χ1v) is 3.83. The van der Waals surface area contributed by atoms with E-state index in [1.54, 1.807) is 0 Å². The highest BCUT2D eigenvalue weighted by atomic mass is 32.1. The zero-order valence-electron chi connectivity index (χ0n) is 6.73. The molecule has 0 bridgehead atoms. The van der Waals surface area contributed by atoms with Gasteiger partial charge in [-0.1, -0.05) is 5.21 Å². The first-order chi connectivity index (χ1) is 5.18. The molecule has 0 saturated heterocycles. The molecule has 0 atom stereocenters. The molecule has 0 radical (unpaired) electrons. The first kappa shape index (κ1) is 8.55. The Labute approximate surface area is 71.7 Å². The molecule has 0 saturated carbocycles. The highest BCUT2D eigenvalue weighted by molar-refractivity contribution is 7.78. The molecule has 0 amide bonds. The predicted octanol–water partition coefficient (Wildman–Crippen LogP) is 0.0751. The van der Waals surface area contributed by atoms with Gasteiger partial charge in [-0.15, -0.1) is 5.10 Å². The number of nitrogens with zero attached hydrogens (tertiary/aromatic N) is 4. The van der Waals surface area contributed by atoms with Crippen LogP contribution in [0.1, 0.15) is 5.69 Å². The highest BCUT2D eigenvalue weighted by Gasteiger charge is 1.98. The minimum atomic E-state index is 0.924. The molecule has 62 valence electrons. The van der Waals surface area contributed by atoms with Crippen molar-refractivity contribution in [3.05, 3.63) is 11.9 Å². The Balaban J connectivity index is 2.39. The summed E-state index contributed by atoms with van der Waals surface area (Å²) in [5.74, 6) is 0. The zero-order valence-corrected chi connectivity index (χ0v) is 7.62. The van der Waals surface area contributed by atoms with Gasteiger partial charge in [0.25, 0.3) is 0 Å². The summed E-state index contributed by atoms with van der Waals surface area (Å²) >= 11 is 3.98. The van der Waals surface area contributed by atoms with Crippen molar-refractivity contribution in [2.24, 2.45) is 0 Å². The van der Waals surface area contributed by atoms with Crippen molar-refractivity contribution in [3.8, 4) is 0 Å². The predicted molar refractivity (Wildman–Crippen MR) is 46.7 cm³/mol. The fourth-order valence-corrected chi connectivity index (χ4v) is 0.914. The van der Waals surface area contributed by atoms with Crippen molar-refractivity contribution in [1.82, 2.24) is 19.3 Å². The molecule has 0 aliphatic carbocycles. The van der Waals surface area contributed by atoms with E-state index in [1.807, 2.05) is 20.3 Å². The third-order valence-electron chi connectivity index (χ3n) is 1.34. The van der Waals surface area contributed by atoms with Crippen molar-refractivity contribution in [3.63, 3.8) is 0 Å². The van der Waals surface area contributed by atoms with E-state index in [9.17, 15) is 0 Å². The van der Waals surface area contributed by atoms with Gasteiger partial charge in [0.2, 0.25) is 0 Å². The maximum atomic E-state index is 3.98. The maximum Gasteiger partial charge on any atom is 0.0851 e. The Kier molecular flexibility index (Phi) is 2.90. The van der Waals surface area contributed by atoms with Crippen molar-refractivity contribution >= 4 is 12.8 Å². The second kappa shape index (κ2) is 3.73. The van der Waals surface area contributed by atoms with Crippen LogP contribution in [-0.2, 0) is 6.42 Å². The topological polar surface area (TPSA) is 34.0 Å². The molecule has 0 aliphatic heterocycles. The van der Waals surface area contributed by atoms with Crippen LogP contribution in [-0.4, -0.2) is 39.9 Å². The second-order valence-electron chi connectivity index (χ2n) is 2.68. The Bertz CT molecular complexity index is 220. The van der Waals surface area contributed by atoms with E-state index < -0.39 is 0 Å². The van der Waals surface area contributed by atoms with E-state index in [-0.39, 0.29) is 0 Å². The fraction of sp³-hybridized carbons (Fsp3) is 0.667. The summed E-state index contributed by atoms with van der Waals surface area (Å²) in [5, 5.41) is 7.60. The average Bonchev–Trinajstić information content (AvgIpc) is 2.31. The van der Waals surface area contributed by atoms with Crippen molar-refractivity contribution < 1.29 is 0 Å². The van der Waals surface area contributed by atoms with Crippen LogP contribution in [0.4, 0.5) is 0 Å². The van der Waals surface area contributed by atoms with E-state index in [1.165, 1.54) is 4.09 Å². The van der Waals surface area contributed by atoms with Crippen LogP contribution in [0.15, 0.2) is 6.20 Å². The van der Waals surface area contributed by atoms with Gasteiger partial charge >= 0.3 is 0 Å². The Morgan fingerprint density at radius 3 is 2.82 bits per heavy atom. The molecule has 0 fully saturated rings. The van der Waals surface area contributed by atoms with E-state index in [0.29, 0.717) is 0 Å². The maximum absolute atomic E-state index is 3.98. The molecule has 1 heterocycles. The quantitative estimate of drug-likeness (QED) is 0.655. The molecule has 1 aromatic heterocycles. The number of aromatic nitrogens is 3. The van der Waals surface area contributed by atoms with Gasteiger partial charge in [0, 0.05) is 13.0 Å². The van der Waals surface area contributed by atoms with E-state index in [0.717, 1.165) is 18.7 Å². The third-order valence-corrected chi connectivity index (χ3v) is 1.54. The zero-order chi connectivity index (χ0) is 8.27. The van der Waals surface area contributed by atoms with E-state index >= 15 is 0 Å². The van der Waals surface area contributed by atoms with Crippen LogP contribution in [0.5, 0.6) is 0 Å². The van der Waals surface area contributed by atoms with Crippen molar-refractivity contribution in [2.75, 3.05) is 20.6 Å². The lowest BCUT2D eigenvalue weighted by Gasteiger charge is -2.05. The van der Waals surface area contributed by atoms with Gasteiger partial charge in [-0.3, -0.25) is 0 Å². The van der Waals surface area contributed by atoms with Crippen LogP contribution in [0.25, 0.3) is 0 Å². The molecule has 0 aromatic carbocycles. The monoisotopic (exact) mass is 172 g/mol. The SMILES string of the molecule is CN(C)CCc1cn(S)nn1. The van der Waals surface area contributed by atoms with Crippen molar-refractivity contribution in [1.29, 1.82) is 0 Å². The highest BCUT2D eigenvalue weighted by Crippen LogP contribution is 1.95. The summed E-state index contributed by atoms with van der Waals surface area (Å²) in [6, 6.07) is 0. The third kappa shape index (κ3) is 2.90. The lowest BCUT2D eigenvalue weighted by atomic mass is 10.3. The number of likely N-dealkylation sites (N-methyl/N-ethyl adjacent to an activating group) is 1. The van der Waals surface area contributed by atoms with E-state index in [2.05, 4.69) is 28.0 Å². The van der Waals surface area contributed by atoms with Crippen molar-refractivity contribution in [2.45, 2.75) is 6.42 Å². The van der Waals surface area contributed by atoms with Crippen LogP contribution in [0, 0.1) is 0 Å². The molecule has 0 aliphatic rings.